The first-order valence-corrected chi connectivity index (χ1v) is 45.0. The number of carbonyl (C=O) groups is 18. The number of guanidine groups is 1. The van der Waals surface area contributed by atoms with Crippen LogP contribution in [0.25, 0.3) is 10.9 Å². The van der Waals surface area contributed by atoms with E-state index in [1.807, 2.05) is 0 Å². The number of H-pyrrole nitrogens is 3. The first kappa shape index (κ1) is 105. The molecule has 2 unspecified atom stereocenters. The molecule has 734 valence electrons. The molecule has 3 aliphatic heterocycles. The lowest BCUT2D eigenvalue weighted by Gasteiger charge is -2.34. The van der Waals surface area contributed by atoms with Gasteiger partial charge in [0.25, 0.3) is 0 Å². The van der Waals surface area contributed by atoms with Gasteiger partial charge >= 0.3 is 17.9 Å². The number of likely N-dealkylation sites (tertiary alicyclic amines) is 2. The molecular weight excluding hydrogens is 1760 g/mol. The summed E-state index contributed by atoms with van der Waals surface area (Å²) < 4.78 is 10.5. The van der Waals surface area contributed by atoms with E-state index < -0.39 is 216 Å². The summed E-state index contributed by atoms with van der Waals surface area (Å²) in [6, 6.07) is -1.44. The number of imidazole rings is 2. The van der Waals surface area contributed by atoms with Crippen molar-refractivity contribution in [2.75, 3.05) is 85.3 Å². The number of carboxylic acid groups (broad SMARTS) is 3. The second kappa shape index (κ2) is 52.4. The third kappa shape index (κ3) is 33.0. The third-order valence-electron chi connectivity index (χ3n) is 23.4. The molecule has 26 N–H and O–H groups in total. The van der Waals surface area contributed by atoms with Crippen molar-refractivity contribution in [3.8, 4) is 0 Å². The average molecular weight is 1890 g/mol. The van der Waals surface area contributed by atoms with Crippen molar-refractivity contribution in [3.05, 3.63) is 108 Å². The van der Waals surface area contributed by atoms with Gasteiger partial charge in [-0.1, -0.05) is 48.5 Å². The molecule has 0 bridgehead atoms. The minimum absolute atomic E-state index is 0.00660. The Morgan fingerprint density at radius 1 is 0.622 bits per heavy atom. The highest BCUT2D eigenvalue weighted by Crippen LogP contribution is 2.46. The number of benzene rings is 2. The number of aliphatic carboxylic acids is 3. The highest BCUT2D eigenvalue weighted by atomic mass is 16.5. The number of nitrogens with two attached hydrogens (primary N) is 3. The topological polar surface area (TPSA) is 728 Å². The average Bonchev–Trinajstić information content (AvgIpc) is 1.60. The number of carbonyl (C=O) groups excluding carboxylic acids is 15. The monoisotopic (exact) mass is 1890 g/mol. The van der Waals surface area contributed by atoms with E-state index >= 15 is 28.8 Å². The van der Waals surface area contributed by atoms with Gasteiger partial charge in [0.15, 0.2) is 5.96 Å². The molecule has 48 heteroatoms. The van der Waals surface area contributed by atoms with Gasteiger partial charge in [-0.15, -0.1) is 0 Å². The van der Waals surface area contributed by atoms with Crippen LogP contribution in [0.5, 0.6) is 0 Å². The van der Waals surface area contributed by atoms with Crippen molar-refractivity contribution >= 4 is 123 Å². The number of primary amides is 1. The molecule has 6 heterocycles. The number of unbranched alkanes of at least 4 members (excludes halogenated alkanes) is 2. The SMILES string of the molecule is CC(=O)NC12CC1CC(=O)NCCC[C@@H](C(=O)N1CCC[C@H]1C(=O)N1CCC[C@H]1C(=O)N[C@@H](Cc1cnc[nH]1)C(=O)N[C@@H](CC(=O)O)C(=O)N[C@@H](CCCCN(CC(=O)O)CC(=O)O)C(=O)N[C@@H](CCCCNC(=O)COCCOCCN)C(N)=O)NC(=O)[C@H](Cc1c[nH]c3ccccc13)NC(=O)[C@H](CCCNC(=N)N)NC(=O)[C@@H](Cc1ccccc1)NC(=O)[C@H](Cc1c[nH]cn1)NC2=O. The number of ether oxygens (including phenoxy) is 2. The Hall–Kier alpha value is -14.0. The number of amides is 15. The molecule has 0 radical (unpaired) electrons. The number of nitrogens with zero attached hydrogens (tertiary/aromatic N) is 5. The predicted octanol–water partition coefficient (Wildman–Crippen LogP) is -5.43. The highest BCUT2D eigenvalue weighted by Gasteiger charge is 2.62. The molecule has 135 heavy (non-hydrogen) atoms. The van der Waals surface area contributed by atoms with Crippen molar-refractivity contribution in [1.82, 2.24) is 109 Å². The fourth-order valence-electron chi connectivity index (χ4n) is 16.6. The smallest absolute Gasteiger partial charge is 0.317 e. The van der Waals surface area contributed by atoms with Gasteiger partial charge in [-0.25, -0.2) is 9.97 Å². The zero-order valence-corrected chi connectivity index (χ0v) is 75.0. The van der Waals surface area contributed by atoms with Crippen LogP contribution in [0.15, 0.2) is 85.8 Å². The van der Waals surface area contributed by atoms with Crippen LogP contribution in [0.3, 0.4) is 0 Å². The Morgan fingerprint density at radius 2 is 1.24 bits per heavy atom. The number of aromatic nitrogens is 5. The number of nitrogens with one attached hydrogen (secondary N) is 17. The normalized spacial score (nSPS) is 21.1. The quantitative estimate of drug-likeness (QED) is 0.00982. The van der Waals surface area contributed by atoms with E-state index in [0.29, 0.717) is 40.9 Å². The summed E-state index contributed by atoms with van der Waals surface area (Å²) in [5, 5.41) is 72.5. The molecule has 5 aromatic rings. The van der Waals surface area contributed by atoms with Gasteiger partial charge in [0.2, 0.25) is 88.6 Å². The fourth-order valence-corrected chi connectivity index (χ4v) is 16.6. The Kier molecular flexibility index (Phi) is 40.6. The summed E-state index contributed by atoms with van der Waals surface area (Å²) in [7, 11) is 0. The molecule has 1 saturated carbocycles. The number of hydrogen-bond acceptors (Lipinski definition) is 25. The van der Waals surface area contributed by atoms with Crippen LogP contribution in [0.2, 0.25) is 0 Å². The Balaban J connectivity index is 0.960. The minimum Gasteiger partial charge on any atom is -0.481 e. The van der Waals surface area contributed by atoms with Gasteiger partial charge in [-0.2, -0.15) is 0 Å². The van der Waals surface area contributed by atoms with E-state index in [1.165, 1.54) is 41.8 Å². The van der Waals surface area contributed by atoms with Crippen molar-refractivity contribution in [2.45, 2.75) is 214 Å². The highest BCUT2D eigenvalue weighted by molar-refractivity contribution is 6.02. The van der Waals surface area contributed by atoms with Crippen LogP contribution < -0.4 is 86.3 Å². The zero-order valence-electron chi connectivity index (χ0n) is 75.0. The van der Waals surface area contributed by atoms with Gasteiger partial charge in [-0.3, -0.25) is 96.6 Å². The molecule has 1 aliphatic carbocycles. The molecule has 3 saturated heterocycles. The zero-order chi connectivity index (χ0) is 97.7. The molecule has 2 aromatic carbocycles. The predicted molar refractivity (Wildman–Crippen MR) is 479 cm³/mol. The molecule has 9 rings (SSSR count). The lowest BCUT2D eigenvalue weighted by molar-refractivity contribution is -0.148. The van der Waals surface area contributed by atoms with E-state index in [4.69, 9.17) is 32.1 Å². The first-order chi connectivity index (χ1) is 64.7. The second-order valence-corrected chi connectivity index (χ2v) is 33.7. The van der Waals surface area contributed by atoms with E-state index in [9.17, 15) is 72.9 Å². The number of aromatic amines is 3. The molecule has 15 amide bonds. The standard InChI is InChI=1S/C87H123N25O23/c1-50(113)109-87-41-53(87)37-69(114)94-27-12-22-61(103-78(126)63(36-52-42-97-57-18-6-5-17-56(52)57)105-76(124)60(21-11-28-96-86(90)91)102-77(125)62(35-51-15-3-2-4-16-51)104-80(128)65(108-85(87)133)39-55-44-93-49-99-55)83(131)112-31-14-24-68(112)84(132)111-30-13-23-67(111)82(130)107-64(38-54-43-92-48-98-54)79(127)106-66(40-71(116)117)81(129)101-59(20-8-10-29-110(45-72(118)119)46-73(120)121)75(123)100-58(74(89)122)19-7-9-26-95-70(115)47-135-34-33-134-32-25-88/h2-6,15-18,42-44,48-49,53,58-68,97H,7-14,19-41,45-47,88H2,1H3,(H2,89,122)(H,92,98)(H,93,99)(H,94,114)(H,95,115)(H,100,123)(H,101,129)(H,102,125)(H,103,126)(H,104,128)(H,105,124)(H,106,127)(H,107,130)(H,108,133)(H,109,113)(H,116,117)(H,118,119)(H,120,121)(H4,90,91,96)/t53?,58-,59-,60-,61-,62+,63-,64-,65-,66-,67-,68-,87?/m0/s1. The molecular formula is C87H123N25O23. The molecule has 4 fully saturated rings. The number of carboxylic acids is 3. The van der Waals surface area contributed by atoms with Crippen LogP contribution in [0.4, 0.5) is 0 Å². The lowest BCUT2D eigenvalue weighted by atomic mass is 10.0. The maximum Gasteiger partial charge on any atom is 0.317 e. The first-order valence-electron chi connectivity index (χ1n) is 45.0. The molecule has 48 nitrogen and oxygen atoms in total. The van der Waals surface area contributed by atoms with E-state index in [2.05, 4.69) is 94.0 Å². The van der Waals surface area contributed by atoms with Crippen molar-refractivity contribution in [1.29, 1.82) is 5.41 Å². The van der Waals surface area contributed by atoms with Crippen LogP contribution in [-0.4, -0.2) is 325 Å². The summed E-state index contributed by atoms with van der Waals surface area (Å²) in [6.45, 7) is 0.242. The molecule has 0 spiro atoms. The van der Waals surface area contributed by atoms with E-state index in [0.717, 1.165) is 4.90 Å². The number of hydrogen-bond donors (Lipinski definition) is 23. The summed E-state index contributed by atoms with van der Waals surface area (Å²) in [5.74, 6) is -18.6. The number of fused-ring (bicyclic) bond motifs is 2. The van der Waals surface area contributed by atoms with Gasteiger partial charge in [0.1, 0.15) is 78.6 Å². The van der Waals surface area contributed by atoms with Gasteiger partial charge in [-0.05, 0) is 120 Å². The molecule has 4 aliphatic rings. The fraction of sp³-hybridized carbons (Fsp3) is 0.552. The Morgan fingerprint density at radius 3 is 1.92 bits per heavy atom. The maximum atomic E-state index is 15.8. The Bertz CT molecular complexity index is 4930. The van der Waals surface area contributed by atoms with Crippen molar-refractivity contribution in [2.24, 2.45) is 23.1 Å². The van der Waals surface area contributed by atoms with Gasteiger partial charge < -0.3 is 136 Å². The lowest BCUT2D eigenvalue weighted by Crippen LogP contribution is -2.61. The van der Waals surface area contributed by atoms with Crippen LogP contribution >= 0.6 is 0 Å². The number of para-hydroxylation sites is 1. The molecule has 3 aromatic heterocycles. The van der Waals surface area contributed by atoms with Crippen LogP contribution in [0, 0.1) is 11.3 Å². The summed E-state index contributed by atoms with van der Waals surface area (Å²) in [5.41, 5.74) is 17.4. The number of rotatable bonds is 47. The van der Waals surface area contributed by atoms with E-state index in [1.54, 1.807) is 60.8 Å². The second-order valence-electron chi connectivity index (χ2n) is 33.7. The minimum atomic E-state index is -2.03. The summed E-state index contributed by atoms with van der Waals surface area (Å²) in [6.07, 6.45) is 4.57. The van der Waals surface area contributed by atoms with Crippen molar-refractivity contribution in [3.63, 3.8) is 0 Å². The Labute approximate surface area is 775 Å². The summed E-state index contributed by atoms with van der Waals surface area (Å²) in [4.78, 5) is 275. The molecule has 13 atom stereocenters. The van der Waals surface area contributed by atoms with Crippen LogP contribution in [-0.2, 0) is 121 Å². The van der Waals surface area contributed by atoms with Crippen LogP contribution in [0.1, 0.15) is 139 Å². The van der Waals surface area contributed by atoms with Gasteiger partial charge in [0.05, 0.1) is 57.7 Å². The third-order valence-corrected chi connectivity index (χ3v) is 23.4. The maximum absolute atomic E-state index is 15.8. The van der Waals surface area contributed by atoms with Gasteiger partial charge in [0, 0.05) is 119 Å². The van der Waals surface area contributed by atoms with E-state index in [-0.39, 0.29) is 187 Å². The summed E-state index contributed by atoms with van der Waals surface area (Å²) >= 11 is 0. The van der Waals surface area contributed by atoms with Crippen molar-refractivity contribution < 1.29 is 111 Å². The largest absolute Gasteiger partial charge is 0.481 e.